The lowest BCUT2D eigenvalue weighted by Crippen LogP contribution is -2.05. The van der Waals surface area contributed by atoms with Gasteiger partial charge < -0.3 is 4.74 Å². The number of ketones is 1. The Kier molecular flexibility index (Phi) is 2.69. The van der Waals surface area contributed by atoms with Crippen molar-refractivity contribution in [3.63, 3.8) is 0 Å². The minimum absolute atomic E-state index is 0.204. The van der Waals surface area contributed by atoms with E-state index in [0.29, 0.717) is 0 Å². The molecule has 0 spiro atoms. The molecule has 1 rings (SSSR count). The highest BCUT2D eigenvalue weighted by atomic mass is 16.5. The molecule has 0 saturated carbocycles. The van der Waals surface area contributed by atoms with Gasteiger partial charge in [0.25, 0.3) is 0 Å². The van der Waals surface area contributed by atoms with Crippen LogP contribution in [-0.2, 0) is 9.53 Å². The molecule has 62 valence electrons. The van der Waals surface area contributed by atoms with Gasteiger partial charge in [-0.2, -0.15) is 0 Å². The van der Waals surface area contributed by atoms with E-state index in [4.69, 9.17) is 4.74 Å². The molecule has 1 aliphatic carbocycles. The third-order valence-electron chi connectivity index (χ3n) is 2.05. The van der Waals surface area contributed by atoms with Crippen LogP contribution in [-0.4, -0.2) is 12.9 Å². The van der Waals surface area contributed by atoms with Crippen molar-refractivity contribution in [3.05, 3.63) is 11.8 Å². The number of carbonyl (C=O) groups is 1. The molecule has 1 aliphatic rings. The zero-order valence-electron chi connectivity index (χ0n) is 7.09. The second-order valence-corrected chi connectivity index (χ2v) is 2.91. The molecule has 2 heteroatoms. The van der Waals surface area contributed by atoms with Crippen molar-refractivity contribution in [2.75, 3.05) is 7.11 Å². The quantitative estimate of drug-likeness (QED) is 0.620. The first-order valence-electron chi connectivity index (χ1n) is 4.06. The first kappa shape index (κ1) is 8.31. The number of rotatable bonds is 3. The van der Waals surface area contributed by atoms with Crippen molar-refractivity contribution >= 4 is 5.78 Å². The van der Waals surface area contributed by atoms with Gasteiger partial charge >= 0.3 is 0 Å². The van der Waals surface area contributed by atoms with Gasteiger partial charge in [-0.15, -0.1) is 0 Å². The first-order valence-corrected chi connectivity index (χ1v) is 4.06. The molecule has 1 atom stereocenters. The van der Waals surface area contributed by atoms with E-state index < -0.39 is 0 Å². The van der Waals surface area contributed by atoms with E-state index in [9.17, 15) is 4.79 Å². The van der Waals surface area contributed by atoms with Gasteiger partial charge in [-0.1, -0.05) is 13.3 Å². The summed E-state index contributed by atoms with van der Waals surface area (Å²) >= 11 is 0. The summed E-state index contributed by atoms with van der Waals surface area (Å²) in [6.45, 7) is 2.10. The number of carbonyl (C=O) groups excluding carboxylic acids is 1. The average Bonchev–Trinajstić information content (AvgIpc) is 2.33. The summed E-state index contributed by atoms with van der Waals surface area (Å²) in [6, 6.07) is 0. The van der Waals surface area contributed by atoms with Crippen molar-refractivity contribution in [3.8, 4) is 0 Å². The molecular weight excluding hydrogens is 140 g/mol. The Hall–Kier alpha value is -0.790. The minimum atomic E-state index is 0.204. The number of hydrogen-bond donors (Lipinski definition) is 0. The monoisotopic (exact) mass is 154 g/mol. The highest BCUT2D eigenvalue weighted by molar-refractivity contribution is 5.94. The van der Waals surface area contributed by atoms with Gasteiger partial charge in [0.2, 0.25) is 0 Å². The van der Waals surface area contributed by atoms with E-state index in [1.54, 1.807) is 13.2 Å². The summed E-state index contributed by atoms with van der Waals surface area (Å²) in [5, 5.41) is 0. The molecule has 0 N–H and O–H groups in total. The van der Waals surface area contributed by atoms with E-state index >= 15 is 0 Å². The van der Waals surface area contributed by atoms with Gasteiger partial charge in [-0.05, 0) is 6.42 Å². The van der Waals surface area contributed by atoms with Crippen LogP contribution >= 0.6 is 0 Å². The molecule has 0 fully saturated rings. The highest BCUT2D eigenvalue weighted by Gasteiger charge is 2.24. The molecule has 11 heavy (non-hydrogen) atoms. The molecule has 0 aromatic carbocycles. The van der Waals surface area contributed by atoms with E-state index in [-0.39, 0.29) is 11.7 Å². The molecule has 2 nitrogen and oxygen atoms in total. The van der Waals surface area contributed by atoms with Gasteiger partial charge in [0.1, 0.15) is 0 Å². The lowest BCUT2D eigenvalue weighted by molar-refractivity contribution is -0.117. The van der Waals surface area contributed by atoms with Crippen LogP contribution in [0.5, 0.6) is 0 Å². The topological polar surface area (TPSA) is 26.3 Å². The van der Waals surface area contributed by atoms with E-state index in [1.807, 2.05) is 0 Å². The number of ether oxygens (including phenoxy) is 1. The van der Waals surface area contributed by atoms with Crippen molar-refractivity contribution in [1.82, 2.24) is 0 Å². The molecule has 0 aromatic rings. The Balaban J connectivity index is 2.48. The predicted octanol–water partition coefficient (Wildman–Crippen LogP) is 1.91. The van der Waals surface area contributed by atoms with Gasteiger partial charge in [0.05, 0.1) is 12.9 Å². The average molecular weight is 154 g/mol. The highest BCUT2D eigenvalue weighted by Crippen LogP contribution is 2.25. The third-order valence-corrected chi connectivity index (χ3v) is 2.05. The fraction of sp³-hybridized carbons (Fsp3) is 0.667. The second kappa shape index (κ2) is 3.56. The molecule has 0 amide bonds. The zero-order valence-corrected chi connectivity index (χ0v) is 7.09. The van der Waals surface area contributed by atoms with Crippen LogP contribution in [0.2, 0.25) is 0 Å². The van der Waals surface area contributed by atoms with Crippen molar-refractivity contribution < 1.29 is 9.53 Å². The summed E-state index contributed by atoms with van der Waals surface area (Å²) in [5.41, 5.74) is 0. The van der Waals surface area contributed by atoms with Crippen LogP contribution in [0.25, 0.3) is 0 Å². The van der Waals surface area contributed by atoms with E-state index in [0.717, 1.165) is 25.0 Å². The smallest absolute Gasteiger partial charge is 0.162 e. The molecule has 0 bridgehead atoms. The standard InChI is InChI=1S/C9H14O2/c1-3-4-7-5-8(11-2)6-9(7)10/h6-7H,3-5H2,1-2H3. The van der Waals surface area contributed by atoms with Crippen LogP contribution in [0.1, 0.15) is 26.2 Å². The van der Waals surface area contributed by atoms with E-state index in [1.165, 1.54) is 0 Å². The molecule has 0 aliphatic heterocycles. The minimum Gasteiger partial charge on any atom is -0.501 e. The third kappa shape index (κ3) is 1.82. The molecule has 0 aromatic heterocycles. The lowest BCUT2D eigenvalue weighted by Gasteiger charge is -2.05. The Bertz CT molecular complexity index is 182. The van der Waals surface area contributed by atoms with Gasteiger partial charge in [0, 0.05) is 18.4 Å². The maximum atomic E-state index is 11.2. The summed E-state index contributed by atoms with van der Waals surface area (Å²) in [6.07, 6.45) is 4.49. The summed E-state index contributed by atoms with van der Waals surface area (Å²) in [7, 11) is 1.62. The Morgan fingerprint density at radius 3 is 2.91 bits per heavy atom. The molecule has 0 heterocycles. The van der Waals surface area contributed by atoms with Crippen LogP contribution in [0.4, 0.5) is 0 Å². The SMILES string of the molecule is CCCC1CC(OC)=CC1=O. The lowest BCUT2D eigenvalue weighted by atomic mass is 10.0. The van der Waals surface area contributed by atoms with Gasteiger partial charge in [0.15, 0.2) is 5.78 Å². The summed E-state index contributed by atoms with van der Waals surface area (Å²) in [5.74, 6) is 1.28. The normalized spacial score (nSPS) is 23.6. The van der Waals surface area contributed by atoms with Gasteiger partial charge in [-0.3, -0.25) is 4.79 Å². The predicted molar refractivity (Wildman–Crippen MR) is 43.1 cm³/mol. The molecule has 0 radical (unpaired) electrons. The first-order chi connectivity index (χ1) is 5.27. The maximum Gasteiger partial charge on any atom is 0.162 e. The molecular formula is C9H14O2. The van der Waals surface area contributed by atoms with Crippen molar-refractivity contribution in [1.29, 1.82) is 0 Å². The van der Waals surface area contributed by atoms with Gasteiger partial charge in [-0.25, -0.2) is 0 Å². The number of allylic oxidation sites excluding steroid dienone is 2. The number of hydrogen-bond acceptors (Lipinski definition) is 2. The summed E-state index contributed by atoms with van der Waals surface area (Å²) in [4.78, 5) is 11.2. The van der Waals surface area contributed by atoms with Crippen LogP contribution in [0.3, 0.4) is 0 Å². The summed E-state index contributed by atoms with van der Waals surface area (Å²) < 4.78 is 5.00. The maximum absolute atomic E-state index is 11.2. The number of methoxy groups -OCH3 is 1. The van der Waals surface area contributed by atoms with Crippen LogP contribution in [0, 0.1) is 5.92 Å². The second-order valence-electron chi connectivity index (χ2n) is 2.91. The Morgan fingerprint density at radius 2 is 2.45 bits per heavy atom. The van der Waals surface area contributed by atoms with Crippen LogP contribution in [0.15, 0.2) is 11.8 Å². The van der Waals surface area contributed by atoms with Crippen molar-refractivity contribution in [2.45, 2.75) is 26.2 Å². The fourth-order valence-electron chi connectivity index (χ4n) is 1.41. The van der Waals surface area contributed by atoms with Crippen LogP contribution < -0.4 is 0 Å². The Labute approximate surface area is 67.2 Å². The van der Waals surface area contributed by atoms with E-state index in [2.05, 4.69) is 6.92 Å². The fourth-order valence-corrected chi connectivity index (χ4v) is 1.41. The molecule has 1 unspecified atom stereocenters. The zero-order chi connectivity index (χ0) is 8.27. The molecule has 0 saturated heterocycles. The Morgan fingerprint density at radius 1 is 1.73 bits per heavy atom. The largest absolute Gasteiger partial charge is 0.501 e. The van der Waals surface area contributed by atoms with Crippen molar-refractivity contribution in [2.24, 2.45) is 5.92 Å².